The van der Waals surface area contributed by atoms with Crippen LogP contribution in [-0.2, 0) is 27.5 Å². The van der Waals surface area contributed by atoms with Gasteiger partial charge in [-0.3, -0.25) is 14.4 Å². The molecule has 2 rings (SSSR count). The van der Waals surface area contributed by atoms with Crippen molar-refractivity contribution >= 4 is 17.5 Å². The maximum Gasteiger partial charge on any atom is 0.471 e. The van der Waals surface area contributed by atoms with Crippen molar-refractivity contribution in [3.63, 3.8) is 0 Å². The van der Waals surface area contributed by atoms with E-state index in [1.807, 2.05) is 58.0 Å². The first-order chi connectivity index (χ1) is 17.5. The molecule has 216 valence electrons. The number of Topliss-reactive ketones (excluding diaryl/α,β-unsaturated/α-hetero) is 2. The number of ketones is 2. The minimum atomic E-state index is -5.77. The summed E-state index contributed by atoms with van der Waals surface area (Å²) in [7, 11) is 0. The lowest BCUT2D eigenvalue weighted by Crippen LogP contribution is -2.39. The molecule has 0 aliphatic rings. The first-order valence-electron chi connectivity index (χ1n) is 10.9. The van der Waals surface area contributed by atoms with Crippen molar-refractivity contribution in [1.82, 2.24) is 5.32 Å². The van der Waals surface area contributed by atoms with E-state index in [4.69, 9.17) is 5.73 Å². The summed E-state index contributed by atoms with van der Waals surface area (Å²) in [6, 6.07) is 18.4. The first-order valence-corrected chi connectivity index (χ1v) is 10.9. The molecule has 38 heavy (non-hydrogen) atoms. The number of alkyl halides is 9. The molecule has 0 aromatic heterocycles. The standard InChI is InChI=1S/C9H8F3NO.C7H9N.C4F6O2.2C2H6/c10-9(11,12)8(14)13-6-7-4-2-1-3-5-7;8-6-7-4-2-1-3-5-7;5-3(6,7)1(11)2(12)4(8,9)10;2*1-2/h1-5H,6H2,(H,13,14);1-5H,6,8H2;;2*1-2H3. The molecule has 0 heterocycles. The van der Waals surface area contributed by atoms with E-state index < -0.39 is 36.0 Å². The van der Waals surface area contributed by atoms with E-state index in [0.717, 1.165) is 0 Å². The Hall–Kier alpha value is -3.42. The minimum Gasteiger partial charge on any atom is -0.344 e. The quantitative estimate of drug-likeness (QED) is 0.337. The van der Waals surface area contributed by atoms with Gasteiger partial charge in [-0.1, -0.05) is 88.4 Å². The Morgan fingerprint density at radius 1 is 0.605 bits per heavy atom. The topological polar surface area (TPSA) is 89.3 Å². The van der Waals surface area contributed by atoms with Crippen LogP contribution in [0.25, 0.3) is 0 Å². The van der Waals surface area contributed by atoms with Crippen LogP contribution in [0.2, 0.25) is 0 Å². The Morgan fingerprint density at radius 3 is 1.16 bits per heavy atom. The highest BCUT2D eigenvalue weighted by atomic mass is 19.4. The van der Waals surface area contributed by atoms with Crippen molar-refractivity contribution in [2.24, 2.45) is 5.73 Å². The molecule has 0 spiro atoms. The number of amides is 1. The van der Waals surface area contributed by atoms with Gasteiger partial charge >= 0.3 is 36.0 Å². The second-order valence-electron chi connectivity index (χ2n) is 6.01. The van der Waals surface area contributed by atoms with E-state index in [0.29, 0.717) is 12.1 Å². The summed E-state index contributed by atoms with van der Waals surface area (Å²) >= 11 is 0. The molecule has 0 fully saturated rings. The highest BCUT2D eigenvalue weighted by Gasteiger charge is 2.54. The van der Waals surface area contributed by atoms with Crippen LogP contribution in [0.3, 0.4) is 0 Å². The summed E-state index contributed by atoms with van der Waals surface area (Å²) < 4.78 is 102. The summed E-state index contributed by atoms with van der Waals surface area (Å²) in [4.78, 5) is 29.6. The van der Waals surface area contributed by atoms with Gasteiger partial charge in [0.25, 0.3) is 0 Å². The third-order valence-corrected chi connectivity index (χ3v) is 3.35. The van der Waals surface area contributed by atoms with Crippen LogP contribution in [0, 0.1) is 0 Å². The number of hydrogen-bond donors (Lipinski definition) is 2. The Morgan fingerprint density at radius 2 is 0.921 bits per heavy atom. The lowest BCUT2D eigenvalue weighted by molar-refractivity contribution is -0.193. The van der Waals surface area contributed by atoms with Crippen LogP contribution in [-0.4, -0.2) is 36.0 Å². The van der Waals surface area contributed by atoms with Crippen molar-refractivity contribution in [2.45, 2.75) is 59.3 Å². The fourth-order valence-electron chi connectivity index (χ4n) is 1.75. The predicted molar refractivity (Wildman–Crippen MR) is 123 cm³/mol. The lowest BCUT2D eigenvalue weighted by Gasteiger charge is -2.07. The Bertz CT molecular complexity index is 890. The average molecular weight is 564 g/mol. The van der Waals surface area contributed by atoms with Gasteiger partial charge in [0, 0.05) is 13.1 Å². The van der Waals surface area contributed by atoms with Gasteiger partial charge in [-0.15, -0.1) is 0 Å². The number of carbonyl (C=O) groups is 3. The molecule has 3 N–H and O–H groups in total. The minimum absolute atomic E-state index is 0.112. The van der Waals surface area contributed by atoms with E-state index in [-0.39, 0.29) is 6.54 Å². The summed E-state index contributed by atoms with van der Waals surface area (Å²) in [5.41, 5.74) is 7.17. The zero-order valence-electron chi connectivity index (χ0n) is 20.9. The molecule has 0 aliphatic heterocycles. The molecule has 5 nitrogen and oxygen atoms in total. The third kappa shape index (κ3) is 18.8. The Balaban J connectivity index is -0.000000465. The number of nitrogens with two attached hydrogens (primary N) is 1. The van der Waals surface area contributed by atoms with E-state index in [9.17, 15) is 53.9 Å². The average Bonchev–Trinajstić information content (AvgIpc) is 2.89. The number of halogens is 9. The smallest absolute Gasteiger partial charge is 0.344 e. The fourth-order valence-corrected chi connectivity index (χ4v) is 1.75. The molecule has 2 aromatic rings. The van der Waals surface area contributed by atoms with Crippen LogP contribution in [0.15, 0.2) is 60.7 Å². The van der Waals surface area contributed by atoms with Gasteiger partial charge < -0.3 is 11.1 Å². The van der Waals surface area contributed by atoms with Crippen molar-refractivity contribution in [3.8, 4) is 0 Å². The summed E-state index contributed by atoms with van der Waals surface area (Å²) in [5.74, 6) is -8.73. The summed E-state index contributed by atoms with van der Waals surface area (Å²) in [6.45, 7) is 8.53. The second-order valence-corrected chi connectivity index (χ2v) is 6.01. The molecule has 0 atom stereocenters. The van der Waals surface area contributed by atoms with Crippen molar-refractivity contribution in [3.05, 3.63) is 71.8 Å². The molecule has 14 heteroatoms. The van der Waals surface area contributed by atoms with E-state index in [1.54, 1.807) is 35.6 Å². The molecule has 0 saturated carbocycles. The molecule has 1 amide bonds. The zero-order chi connectivity index (χ0) is 30.6. The number of carbonyl (C=O) groups excluding carboxylic acids is 3. The number of benzene rings is 2. The van der Waals surface area contributed by atoms with Crippen LogP contribution >= 0.6 is 0 Å². The molecular formula is C24H29F9N2O3. The normalized spacial score (nSPS) is 10.4. The maximum absolute atomic E-state index is 11.7. The van der Waals surface area contributed by atoms with Crippen LogP contribution in [0.1, 0.15) is 38.8 Å². The van der Waals surface area contributed by atoms with Gasteiger partial charge in [-0.25, -0.2) is 0 Å². The first kappa shape index (κ1) is 39.1. The molecule has 0 aliphatic carbocycles. The van der Waals surface area contributed by atoms with Crippen LogP contribution in [0.4, 0.5) is 39.5 Å². The lowest BCUT2D eigenvalue weighted by atomic mass is 10.2. The Kier molecular flexibility index (Phi) is 20.2. The number of hydrogen-bond acceptors (Lipinski definition) is 4. The van der Waals surface area contributed by atoms with Gasteiger partial charge in [-0.2, -0.15) is 39.5 Å². The highest BCUT2D eigenvalue weighted by Crippen LogP contribution is 2.24. The van der Waals surface area contributed by atoms with Crippen molar-refractivity contribution < 1.29 is 53.9 Å². The molecule has 0 unspecified atom stereocenters. The predicted octanol–water partition coefficient (Wildman–Crippen LogP) is 6.31. The Labute approximate surface area is 214 Å². The zero-order valence-corrected chi connectivity index (χ0v) is 20.9. The van der Waals surface area contributed by atoms with E-state index >= 15 is 0 Å². The van der Waals surface area contributed by atoms with E-state index in [1.165, 1.54) is 5.56 Å². The molecule has 0 bridgehead atoms. The highest BCUT2D eigenvalue weighted by molar-refractivity contribution is 6.41. The monoisotopic (exact) mass is 564 g/mol. The molecule has 2 aromatic carbocycles. The van der Waals surface area contributed by atoms with Crippen molar-refractivity contribution in [1.29, 1.82) is 0 Å². The molecule has 0 saturated heterocycles. The summed E-state index contributed by atoms with van der Waals surface area (Å²) in [5, 5.41) is 1.77. The number of nitrogens with one attached hydrogen (secondary N) is 1. The number of rotatable bonds is 4. The molecular weight excluding hydrogens is 535 g/mol. The van der Waals surface area contributed by atoms with Crippen LogP contribution < -0.4 is 11.1 Å². The summed E-state index contributed by atoms with van der Waals surface area (Å²) in [6.07, 6.45) is -16.4. The van der Waals surface area contributed by atoms with Gasteiger partial charge in [0.1, 0.15) is 0 Å². The van der Waals surface area contributed by atoms with Crippen molar-refractivity contribution in [2.75, 3.05) is 0 Å². The third-order valence-electron chi connectivity index (χ3n) is 3.35. The fraction of sp³-hybridized carbons (Fsp3) is 0.375. The van der Waals surface area contributed by atoms with Gasteiger partial charge in [0.15, 0.2) is 0 Å². The van der Waals surface area contributed by atoms with E-state index in [2.05, 4.69) is 0 Å². The van der Waals surface area contributed by atoms with Gasteiger partial charge in [0.2, 0.25) is 0 Å². The van der Waals surface area contributed by atoms with Gasteiger partial charge in [-0.05, 0) is 11.1 Å². The largest absolute Gasteiger partial charge is 0.471 e. The van der Waals surface area contributed by atoms with Gasteiger partial charge in [0.05, 0.1) is 0 Å². The maximum atomic E-state index is 11.7. The molecule has 0 radical (unpaired) electrons. The SMILES string of the molecule is CC.CC.NCc1ccccc1.O=C(C(=O)C(F)(F)F)C(F)(F)F.O=C(NCc1ccccc1)C(F)(F)F. The van der Waals surface area contributed by atoms with Crippen LogP contribution in [0.5, 0.6) is 0 Å². The second kappa shape index (κ2) is 19.7.